The first-order valence-electron chi connectivity index (χ1n) is 8.30. The zero-order chi connectivity index (χ0) is 15.7. The van der Waals surface area contributed by atoms with Gasteiger partial charge in [0.25, 0.3) is 0 Å². The lowest BCUT2D eigenvalue weighted by Gasteiger charge is -2.53. The average Bonchev–Trinajstić information content (AvgIpc) is 2.45. The van der Waals surface area contributed by atoms with E-state index in [0.29, 0.717) is 11.8 Å². The molecule has 0 spiro atoms. The first kappa shape index (κ1) is 15.5. The number of rotatable bonds is 7. The van der Waals surface area contributed by atoms with Gasteiger partial charge in [-0.05, 0) is 55.8 Å². The lowest BCUT2D eigenvalue weighted by molar-refractivity contribution is -0.148. The minimum absolute atomic E-state index is 0.00838. The highest BCUT2D eigenvalue weighted by Gasteiger charge is 2.51. The molecule has 5 nitrogen and oxygen atoms in total. The van der Waals surface area contributed by atoms with E-state index in [1.807, 2.05) is 0 Å². The molecule has 4 bridgehead atoms. The second-order valence-electron chi connectivity index (χ2n) is 7.18. The maximum Gasteiger partial charge on any atom is 0.328 e. The fraction of sp³-hybridized carbons (Fsp3) is 0.765. The van der Waals surface area contributed by atoms with Gasteiger partial charge in [0.1, 0.15) is 0 Å². The maximum atomic E-state index is 12.6. The van der Waals surface area contributed by atoms with Crippen LogP contribution in [0.1, 0.15) is 32.1 Å². The van der Waals surface area contributed by atoms with E-state index in [-0.39, 0.29) is 25.0 Å². The second kappa shape index (κ2) is 6.41. The summed E-state index contributed by atoms with van der Waals surface area (Å²) in [6, 6.07) is -0.968. The van der Waals surface area contributed by atoms with Crippen LogP contribution in [-0.4, -0.2) is 36.2 Å². The van der Waals surface area contributed by atoms with Crippen molar-refractivity contribution in [2.45, 2.75) is 38.1 Å². The summed E-state index contributed by atoms with van der Waals surface area (Å²) in [5.74, 6) is 1.41. The molecule has 0 aromatic carbocycles. The SMILES string of the molecule is C=CCOCC(NC(=O)C1C2CC3CC(C2)CC1C3)C(=O)O. The van der Waals surface area contributed by atoms with Crippen molar-refractivity contribution in [2.75, 3.05) is 13.2 Å². The van der Waals surface area contributed by atoms with E-state index in [0.717, 1.165) is 37.5 Å². The number of aliphatic carboxylic acids is 1. The van der Waals surface area contributed by atoms with Crippen molar-refractivity contribution >= 4 is 11.9 Å². The molecule has 4 fully saturated rings. The van der Waals surface area contributed by atoms with Gasteiger partial charge in [-0.2, -0.15) is 0 Å². The molecule has 4 aliphatic rings. The molecule has 0 heterocycles. The predicted octanol–water partition coefficient (Wildman–Crippen LogP) is 1.83. The Hall–Kier alpha value is -1.36. The third kappa shape index (κ3) is 3.05. The third-order valence-corrected chi connectivity index (χ3v) is 5.66. The Balaban J connectivity index is 1.60. The van der Waals surface area contributed by atoms with Crippen LogP contribution in [0.15, 0.2) is 12.7 Å². The number of carbonyl (C=O) groups is 2. The van der Waals surface area contributed by atoms with E-state index in [1.165, 1.54) is 6.42 Å². The van der Waals surface area contributed by atoms with E-state index in [9.17, 15) is 14.7 Å². The van der Waals surface area contributed by atoms with Crippen LogP contribution >= 0.6 is 0 Å². The molecule has 1 amide bonds. The lowest BCUT2D eigenvalue weighted by Crippen LogP contribution is -2.54. The molecular formula is C17H25NO4. The topological polar surface area (TPSA) is 75.6 Å². The molecule has 4 rings (SSSR count). The van der Waals surface area contributed by atoms with Crippen LogP contribution in [0.5, 0.6) is 0 Å². The Kier molecular flexibility index (Phi) is 4.52. The van der Waals surface area contributed by atoms with Crippen LogP contribution in [-0.2, 0) is 14.3 Å². The molecule has 1 unspecified atom stereocenters. The number of carbonyl (C=O) groups excluding carboxylic acids is 1. The van der Waals surface area contributed by atoms with Crippen molar-refractivity contribution in [2.24, 2.45) is 29.6 Å². The molecule has 0 aliphatic heterocycles. The quantitative estimate of drug-likeness (QED) is 0.556. The van der Waals surface area contributed by atoms with Gasteiger partial charge in [-0.1, -0.05) is 6.08 Å². The Labute approximate surface area is 131 Å². The van der Waals surface area contributed by atoms with Gasteiger partial charge >= 0.3 is 5.97 Å². The number of nitrogens with one attached hydrogen (secondary N) is 1. The zero-order valence-electron chi connectivity index (χ0n) is 12.9. The summed E-state index contributed by atoms with van der Waals surface area (Å²) in [4.78, 5) is 23.9. The van der Waals surface area contributed by atoms with Gasteiger partial charge in [-0.3, -0.25) is 4.79 Å². The summed E-state index contributed by atoms with van der Waals surface area (Å²) in [6.07, 6.45) is 7.50. The van der Waals surface area contributed by atoms with Crippen molar-refractivity contribution < 1.29 is 19.4 Å². The van der Waals surface area contributed by atoms with Crippen molar-refractivity contribution in [1.29, 1.82) is 0 Å². The summed E-state index contributed by atoms with van der Waals surface area (Å²) < 4.78 is 5.20. The van der Waals surface area contributed by atoms with Crippen molar-refractivity contribution in [3.05, 3.63) is 12.7 Å². The number of amides is 1. The first-order valence-corrected chi connectivity index (χ1v) is 8.30. The largest absolute Gasteiger partial charge is 0.480 e. The van der Waals surface area contributed by atoms with Gasteiger partial charge in [0.05, 0.1) is 13.2 Å². The van der Waals surface area contributed by atoms with E-state index in [2.05, 4.69) is 11.9 Å². The molecule has 0 saturated heterocycles. The van der Waals surface area contributed by atoms with E-state index in [1.54, 1.807) is 6.08 Å². The summed E-state index contributed by atoms with van der Waals surface area (Å²) in [6.45, 7) is 3.80. The maximum absolute atomic E-state index is 12.6. The van der Waals surface area contributed by atoms with Crippen LogP contribution < -0.4 is 5.32 Å². The molecular weight excluding hydrogens is 282 g/mol. The molecule has 1 atom stereocenters. The molecule has 2 N–H and O–H groups in total. The van der Waals surface area contributed by atoms with Crippen LogP contribution in [0.2, 0.25) is 0 Å². The highest BCUT2D eigenvalue weighted by atomic mass is 16.5. The number of carboxylic acids is 1. The molecule has 4 aliphatic carbocycles. The summed E-state index contributed by atoms with van der Waals surface area (Å²) >= 11 is 0. The summed E-state index contributed by atoms with van der Waals surface area (Å²) in [5, 5.41) is 12.0. The van der Waals surface area contributed by atoms with Gasteiger partial charge < -0.3 is 15.2 Å². The summed E-state index contributed by atoms with van der Waals surface area (Å²) in [5.41, 5.74) is 0. The van der Waals surface area contributed by atoms with Gasteiger partial charge in [0.2, 0.25) is 5.91 Å². The normalized spacial score (nSPS) is 36.8. The van der Waals surface area contributed by atoms with Crippen molar-refractivity contribution in [3.8, 4) is 0 Å². The lowest BCUT2D eigenvalue weighted by atomic mass is 9.51. The highest BCUT2D eigenvalue weighted by Crippen LogP contribution is 2.56. The fourth-order valence-corrected chi connectivity index (χ4v) is 5.07. The Morgan fingerprint density at radius 3 is 2.27 bits per heavy atom. The standard InChI is InChI=1S/C17H25NO4/c1-2-3-22-9-14(17(20)21)18-16(19)15-12-5-10-4-11(7-12)8-13(15)6-10/h2,10-15H,1,3-9H2,(H,18,19)(H,20,21). The minimum Gasteiger partial charge on any atom is -0.480 e. The Bertz CT molecular complexity index is 434. The first-order chi connectivity index (χ1) is 10.6. The number of hydrogen-bond acceptors (Lipinski definition) is 3. The monoisotopic (exact) mass is 307 g/mol. The number of ether oxygens (including phenoxy) is 1. The number of hydrogen-bond donors (Lipinski definition) is 2. The second-order valence-corrected chi connectivity index (χ2v) is 7.18. The van der Waals surface area contributed by atoms with E-state index < -0.39 is 12.0 Å². The number of carboxylic acid groups (broad SMARTS) is 1. The predicted molar refractivity (Wildman–Crippen MR) is 81.1 cm³/mol. The molecule has 4 saturated carbocycles. The molecule has 5 heteroatoms. The van der Waals surface area contributed by atoms with Crippen LogP contribution in [0.4, 0.5) is 0 Å². The van der Waals surface area contributed by atoms with Crippen molar-refractivity contribution in [3.63, 3.8) is 0 Å². The van der Waals surface area contributed by atoms with E-state index >= 15 is 0 Å². The molecule has 122 valence electrons. The van der Waals surface area contributed by atoms with Crippen LogP contribution in [0.25, 0.3) is 0 Å². The molecule has 0 radical (unpaired) electrons. The fourth-order valence-electron chi connectivity index (χ4n) is 5.07. The minimum atomic E-state index is -1.04. The third-order valence-electron chi connectivity index (χ3n) is 5.66. The van der Waals surface area contributed by atoms with Crippen LogP contribution in [0.3, 0.4) is 0 Å². The molecule has 0 aromatic heterocycles. The van der Waals surface area contributed by atoms with Crippen molar-refractivity contribution in [1.82, 2.24) is 5.32 Å². The molecule has 0 aromatic rings. The van der Waals surface area contributed by atoms with Gasteiger partial charge in [-0.25, -0.2) is 4.79 Å². The van der Waals surface area contributed by atoms with E-state index in [4.69, 9.17) is 4.74 Å². The Morgan fingerprint density at radius 2 is 1.77 bits per heavy atom. The van der Waals surface area contributed by atoms with Gasteiger partial charge in [0.15, 0.2) is 6.04 Å². The van der Waals surface area contributed by atoms with Crippen LogP contribution in [0, 0.1) is 29.6 Å². The highest BCUT2D eigenvalue weighted by molar-refractivity contribution is 5.85. The smallest absolute Gasteiger partial charge is 0.328 e. The average molecular weight is 307 g/mol. The Morgan fingerprint density at radius 1 is 1.18 bits per heavy atom. The zero-order valence-corrected chi connectivity index (χ0v) is 12.9. The molecule has 22 heavy (non-hydrogen) atoms. The van der Waals surface area contributed by atoms with Gasteiger partial charge in [-0.15, -0.1) is 6.58 Å². The van der Waals surface area contributed by atoms with Gasteiger partial charge in [0, 0.05) is 5.92 Å². The summed E-state index contributed by atoms with van der Waals surface area (Å²) in [7, 11) is 0.